The van der Waals surface area contributed by atoms with Gasteiger partial charge in [-0.25, -0.2) is 4.79 Å². The number of aliphatic hydroxyl groups is 2. The van der Waals surface area contributed by atoms with Crippen LogP contribution in [0.25, 0.3) is 0 Å². The monoisotopic (exact) mass is 338 g/mol. The average Bonchev–Trinajstić information content (AvgIpc) is 2.43. The van der Waals surface area contributed by atoms with Gasteiger partial charge in [0.1, 0.15) is 0 Å². The van der Waals surface area contributed by atoms with Gasteiger partial charge in [-0.3, -0.25) is 14.4 Å². The highest BCUT2D eigenvalue weighted by Gasteiger charge is 2.07. The molecule has 0 heterocycles. The first-order valence-corrected chi connectivity index (χ1v) is 6.36. The first-order chi connectivity index (χ1) is 10.6. The van der Waals surface area contributed by atoms with E-state index in [-0.39, 0.29) is 31.6 Å². The van der Waals surface area contributed by atoms with Crippen LogP contribution >= 0.6 is 0 Å². The molecule has 0 aromatic carbocycles. The normalized spacial score (nSPS) is 8.61. The summed E-state index contributed by atoms with van der Waals surface area (Å²) in [6, 6.07) is 0. The minimum Gasteiger partial charge on any atom is -0.481 e. The molecule has 0 fully saturated rings. The Morgan fingerprint density at radius 2 is 1.04 bits per heavy atom. The quantitative estimate of drug-likeness (QED) is 0.242. The van der Waals surface area contributed by atoms with Crippen molar-refractivity contribution in [3.05, 3.63) is 12.2 Å². The Balaban J connectivity index is -0.000000284. The highest BCUT2D eigenvalue weighted by molar-refractivity contribution is 5.91. The van der Waals surface area contributed by atoms with E-state index in [1.165, 1.54) is 0 Å². The maximum absolute atomic E-state index is 9.90. The number of carboxylic acid groups (broad SMARTS) is 4. The van der Waals surface area contributed by atoms with Crippen molar-refractivity contribution in [2.24, 2.45) is 0 Å². The zero-order valence-corrected chi connectivity index (χ0v) is 12.5. The van der Waals surface area contributed by atoms with Crippen molar-refractivity contribution in [1.29, 1.82) is 0 Å². The third kappa shape index (κ3) is 32.8. The van der Waals surface area contributed by atoms with Crippen molar-refractivity contribution in [3.63, 3.8) is 0 Å². The topological polar surface area (TPSA) is 190 Å². The molecule has 10 heteroatoms. The van der Waals surface area contributed by atoms with Gasteiger partial charge in [-0.2, -0.15) is 0 Å². The zero-order chi connectivity index (χ0) is 18.8. The van der Waals surface area contributed by atoms with Crippen molar-refractivity contribution in [3.8, 4) is 0 Å². The Morgan fingerprint density at radius 3 is 1.17 bits per heavy atom. The predicted octanol–water partition coefficient (Wildman–Crippen LogP) is -0.211. The lowest BCUT2D eigenvalue weighted by Gasteiger charge is -1.92. The van der Waals surface area contributed by atoms with Gasteiger partial charge in [0.05, 0.1) is 19.6 Å². The molecule has 23 heavy (non-hydrogen) atoms. The van der Waals surface area contributed by atoms with Crippen LogP contribution in [0, 0.1) is 0 Å². The van der Waals surface area contributed by atoms with Gasteiger partial charge in [0, 0.05) is 18.4 Å². The molecule has 0 aliphatic rings. The Hall–Kier alpha value is -2.46. The van der Waals surface area contributed by atoms with Crippen LogP contribution in [0.15, 0.2) is 12.2 Å². The number of hydrogen-bond donors (Lipinski definition) is 6. The number of unbranched alkanes of at least 4 members (excludes halogenated alkanes) is 1. The van der Waals surface area contributed by atoms with Gasteiger partial charge in [-0.15, -0.1) is 0 Å². The fraction of sp³-hybridized carbons (Fsp3) is 0.538. The maximum Gasteiger partial charge on any atom is 0.331 e. The molecule has 0 aliphatic heterocycles. The zero-order valence-electron chi connectivity index (χ0n) is 12.5. The van der Waals surface area contributed by atoms with Gasteiger partial charge < -0.3 is 30.6 Å². The van der Waals surface area contributed by atoms with Crippen LogP contribution in [0.2, 0.25) is 0 Å². The molecule has 0 saturated carbocycles. The second-order valence-electron chi connectivity index (χ2n) is 3.92. The number of carbonyl (C=O) groups is 4. The molecule has 0 saturated heterocycles. The van der Waals surface area contributed by atoms with Crippen molar-refractivity contribution in [1.82, 2.24) is 0 Å². The number of aliphatic carboxylic acids is 4. The van der Waals surface area contributed by atoms with Crippen LogP contribution < -0.4 is 0 Å². The van der Waals surface area contributed by atoms with Crippen molar-refractivity contribution < 1.29 is 49.8 Å². The minimum atomic E-state index is -1.27. The lowest BCUT2D eigenvalue weighted by Crippen LogP contribution is -2.04. The molecular formula is C13H22O10. The van der Waals surface area contributed by atoms with E-state index >= 15 is 0 Å². The number of carboxylic acids is 4. The first kappa shape index (κ1) is 25.5. The summed E-state index contributed by atoms with van der Waals surface area (Å²) in [5.74, 6) is -4.18. The second-order valence-corrected chi connectivity index (χ2v) is 3.92. The molecule has 10 nitrogen and oxygen atoms in total. The molecule has 134 valence electrons. The van der Waals surface area contributed by atoms with Gasteiger partial charge in [-0.1, -0.05) is 6.58 Å². The summed E-state index contributed by atoms with van der Waals surface area (Å²) >= 11 is 0. The second kappa shape index (κ2) is 17.6. The Bertz CT molecular complexity index is 370. The van der Waals surface area contributed by atoms with Crippen molar-refractivity contribution in [2.45, 2.75) is 32.1 Å². The Kier molecular flexibility index (Phi) is 19.5. The van der Waals surface area contributed by atoms with Crippen LogP contribution in [0.3, 0.4) is 0 Å². The van der Waals surface area contributed by atoms with Gasteiger partial charge in [0.2, 0.25) is 0 Å². The summed E-state index contributed by atoms with van der Waals surface area (Å²) < 4.78 is 0. The summed E-state index contributed by atoms with van der Waals surface area (Å²) in [5.41, 5.74) is -0.303. The average molecular weight is 338 g/mol. The molecule has 0 aromatic heterocycles. The lowest BCUT2D eigenvalue weighted by molar-refractivity contribution is -0.139. The molecule has 0 radical (unpaired) electrons. The molecule has 0 rings (SSSR count). The van der Waals surface area contributed by atoms with Gasteiger partial charge >= 0.3 is 23.9 Å². The van der Waals surface area contributed by atoms with Crippen molar-refractivity contribution in [2.75, 3.05) is 13.2 Å². The van der Waals surface area contributed by atoms with E-state index in [2.05, 4.69) is 6.58 Å². The highest BCUT2D eigenvalue weighted by atomic mass is 16.4. The molecule has 0 aromatic rings. The van der Waals surface area contributed by atoms with Crippen LogP contribution in [-0.2, 0) is 19.2 Å². The fourth-order valence-electron chi connectivity index (χ4n) is 0.811. The van der Waals surface area contributed by atoms with Crippen LogP contribution in [0.1, 0.15) is 32.1 Å². The van der Waals surface area contributed by atoms with E-state index in [1.807, 2.05) is 0 Å². The van der Waals surface area contributed by atoms with Gasteiger partial charge in [0.25, 0.3) is 0 Å². The predicted molar refractivity (Wildman–Crippen MR) is 76.9 cm³/mol. The third-order valence-corrected chi connectivity index (χ3v) is 1.80. The SMILES string of the molecule is C=C(CC(=O)O)C(=O)O.O=C(O)CCCCC(=O)O.OCCO. The largest absolute Gasteiger partial charge is 0.481 e. The number of rotatable bonds is 9. The standard InChI is InChI=1S/C6H10O4.C5H6O4.C2H6O2/c7-5(8)3-1-2-4-6(9)10;1-3(5(8)9)2-4(6)7;3-1-2-4/h1-4H2,(H,7,8)(H,9,10);1-2H2,(H,6,7)(H,8,9);3-4H,1-2H2. The molecule has 0 spiro atoms. The van der Waals surface area contributed by atoms with Crippen molar-refractivity contribution >= 4 is 23.9 Å². The lowest BCUT2D eigenvalue weighted by atomic mass is 10.2. The summed E-state index contributed by atoms with van der Waals surface area (Å²) in [7, 11) is 0. The summed E-state index contributed by atoms with van der Waals surface area (Å²) in [4.78, 5) is 39.5. The molecule has 0 unspecified atom stereocenters. The van der Waals surface area contributed by atoms with Crippen LogP contribution in [0.5, 0.6) is 0 Å². The smallest absolute Gasteiger partial charge is 0.331 e. The van der Waals surface area contributed by atoms with Gasteiger partial charge in [0.15, 0.2) is 0 Å². The van der Waals surface area contributed by atoms with E-state index in [4.69, 9.17) is 30.6 Å². The molecule has 0 amide bonds. The third-order valence-electron chi connectivity index (χ3n) is 1.80. The summed E-state index contributed by atoms with van der Waals surface area (Å²) in [6.07, 6.45) is 0.513. The number of aliphatic hydroxyl groups excluding tert-OH is 2. The summed E-state index contributed by atoms with van der Waals surface area (Å²) in [5, 5.41) is 47.6. The van der Waals surface area contributed by atoms with Gasteiger partial charge in [-0.05, 0) is 12.8 Å². The molecule has 6 N–H and O–H groups in total. The minimum absolute atomic E-state index is 0.0628. The summed E-state index contributed by atoms with van der Waals surface area (Å²) in [6.45, 7) is 2.76. The molecule has 0 atom stereocenters. The van der Waals surface area contributed by atoms with E-state index in [9.17, 15) is 19.2 Å². The Morgan fingerprint density at radius 1 is 0.696 bits per heavy atom. The van der Waals surface area contributed by atoms with E-state index in [0.29, 0.717) is 12.8 Å². The fourth-order valence-corrected chi connectivity index (χ4v) is 0.811. The van der Waals surface area contributed by atoms with E-state index < -0.39 is 30.3 Å². The maximum atomic E-state index is 9.90. The van der Waals surface area contributed by atoms with E-state index in [1.54, 1.807) is 0 Å². The van der Waals surface area contributed by atoms with E-state index in [0.717, 1.165) is 0 Å². The van der Waals surface area contributed by atoms with Crippen LogP contribution in [-0.4, -0.2) is 67.7 Å². The van der Waals surface area contributed by atoms with Crippen LogP contribution in [0.4, 0.5) is 0 Å². The molecular weight excluding hydrogens is 316 g/mol. The highest BCUT2D eigenvalue weighted by Crippen LogP contribution is 1.98. The molecule has 0 aliphatic carbocycles. The molecule has 0 bridgehead atoms. The first-order valence-electron chi connectivity index (χ1n) is 6.36. The Labute approximate surface area is 132 Å². The number of hydrogen-bond acceptors (Lipinski definition) is 6.